The van der Waals surface area contributed by atoms with Gasteiger partial charge in [0, 0.05) is 38.3 Å². The van der Waals surface area contributed by atoms with Gasteiger partial charge in [-0.25, -0.2) is 9.59 Å². The smallest absolute Gasteiger partial charge is 0.331 e. The Balaban J connectivity index is 1.63. The van der Waals surface area contributed by atoms with Crippen LogP contribution in [0.2, 0.25) is 0 Å². The van der Waals surface area contributed by atoms with E-state index in [2.05, 4.69) is 13.2 Å². The van der Waals surface area contributed by atoms with E-state index < -0.39 is 36.3 Å². The molecule has 0 aromatic heterocycles. The van der Waals surface area contributed by atoms with E-state index in [4.69, 9.17) is 18.9 Å². The van der Waals surface area contributed by atoms with Crippen molar-refractivity contribution >= 4 is 23.9 Å². The van der Waals surface area contributed by atoms with Crippen LogP contribution in [0.3, 0.4) is 0 Å². The molecule has 0 aliphatic carbocycles. The van der Waals surface area contributed by atoms with E-state index in [9.17, 15) is 19.2 Å². The van der Waals surface area contributed by atoms with Crippen molar-refractivity contribution in [1.82, 2.24) is 9.80 Å². The molecule has 0 spiro atoms. The monoisotopic (exact) mass is 396 g/mol. The summed E-state index contributed by atoms with van der Waals surface area (Å²) < 4.78 is 20.3. The lowest BCUT2D eigenvalue weighted by Crippen LogP contribution is -2.32. The lowest BCUT2D eigenvalue weighted by atomic mass is 10.3. The summed E-state index contributed by atoms with van der Waals surface area (Å²) in [6.45, 7) is 9.36. The highest BCUT2D eigenvalue weighted by molar-refractivity contribution is 5.82. The number of esters is 4. The van der Waals surface area contributed by atoms with Crippen molar-refractivity contribution in [1.29, 1.82) is 0 Å². The van der Waals surface area contributed by atoms with Gasteiger partial charge in [-0.1, -0.05) is 13.2 Å². The van der Waals surface area contributed by atoms with Crippen molar-refractivity contribution in [2.24, 2.45) is 0 Å². The fraction of sp³-hybridized carbons (Fsp3) is 0.556. The number of rotatable bonds is 13. The predicted octanol–water partition coefficient (Wildman–Crippen LogP) is -0.405. The van der Waals surface area contributed by atoms with Crippen LogP contribution in [0.4, 0.5) is 0 Å². The average Bonchev–Trinajstić information content (AvgIpc) is 3.57. The largest absolute Gasteiger partial charge is 0.460 e. The van der Waals surface area contributed by atoms with Gasteiger partial charge in [-0.05, 0) is 0 Å². The van der Waals surface area contributed by atoms with Crippen LogP contribution in [-0.4, -0.2) is 85.5 Å². The lowest BCUT2D eigenvalue weighted by Gasteiger charge is -2.18. The molecule has 2 aliphatic rings. The van der Waals surface area contributed by atoms with Crippen LogP contribution in [0.5, 0.6) is 0 Å². The summed E-state index contributed by atoms with van der Waals surface area (Å²) in [5.74, 6) is -2.43. The first-order valence-corrected chi connectivity index (χ1v) is 8.88. The fourth-order valence-corrected chi connectivity index (χ4v) is 2.16. The first-order valence-electron chi connectivity index (χ1n) is 8.88. The Morgan fingerprint density at radius 3 is 1.39 bits per heavy atom. The molecule has 2 atom stereocenters. The molecule has 0 saturated carbocycles. The van der Waals surface area contributed by atoms with E-state index in [1.165, 1.54) is 0 Å². The van der Waals surface area contributed by atoms with E-state index >= 15 is 0 Å². The zero-order valence-electron chi connectivity index (χ0n) is 15.5. The minimum Gasteiger partial charge on any atom is -0.460 e. The van der Waals surface area contributed by atoms with Gasteiger partial charge in [0.25, 0.3) is 0 Å². The van der Waals surface area contributed by atoms with Crippen LogP contribution in [0.1, 0.15) is 12.8 Å². The van der Waals surface area contributed by atoms with E-state index in [0.717, 1.165) is 38.3 Å². The maximum absolute atomic E-state index is 11.8. The maximum atomic E-state index is 11.8. The Morgan fingerprint density at radius 1 is 0.750 bits per heavy atom. The molecule has 0 radical (unpaired) electrons. The molecule has 0 amide bonds. The zero-order chi connectivity index (χ0) is 20.5. The summed E-state index contributed by atoms with van der Waals surface area (Å²) in [5.41, 5.74) is 0. The summed E-state index contributed by atoms with van der Waals surface area (Å²) >= 11 is 0. The second-order valence-electron chi connectivity index (χ2n) is 6.13. The van der Waals surface area contributed by atoms with Crippen molar-refractivity contribution < 1.29 is 38.1 Å². The molecule has 2 aliphatic heterocycles. The molecule has 2 heterocycles. The fourth-order valence-electron chi connectivity index (χ4n) is 2.16. The van der Waals surface area contributed by atoms with Gasteiger partial charge in [0.05, 0.1) is 12.8 Å². The van der Waals surface area contributed by atoms with Crippen molar-refractivity contribution in [3.05, 3.63) is 25.3 Å². The Morgan fingerprint density at radius 2 is 1.11 bits per heavy atom. The number of nitrogens with zero attached hydrogens (tertiary/aromatic N) is 2. The molecule has 2 saturated heterocycles. The van der Waals surface area contributed by atoms with Gasteiger partial charge in [0.15, 0.2) is 12.5 Å². The third-order valence-electron chi connectivity index (χ3n) is 3.92. The van der Waals surface area contributed by atoms with Crippen molar-refractivity contribution in [2.45, 2.75) is 25.3 Å². The summed E-state index contributed by atoms with van der Waals surface area (Å²) in [6, 6.07) is 0. The maximum Gasteiger partial charge on any atom is 0.331 e. The summed E-state index contributed by atoms with van der Waals surface area (Å²) in [7, 11) is 0. The molecular formula is C18H24N2O8. The van der Waals surface area contributed by atoms with Gasteiger partial charge >= 0.3 is 23.9 Å². The highest BCUT2D eigenvalue weighted by Gasteiger charge is 2.32. The molecule has 0 N–H and O–H groups in total. The van der Waals surface area contributed by atoms with Crippen molar-refractivity contribution in [3.63, 3.8) is 0 Å². The van der Waals surface area contributed by atoms with Crippen molar-refractivity contribution in [3.8, 4) is 0 Å². The third kappa shape index (κ3) is 7.89. The number of ether oxygens (including phenoxy) is 4. The standard InChI is InChI=1S/C18H24N2O8/c1-3-15(21)27-13(19-7-8-19)11-25-17(23)5-6-18(24)26-12-14(20-9-10-20)28-16(22)4-2/h3-4,13-14H,1-2,5-12H2. The zero-order valence-corrected chi connectivity index (χ0v) is 15.5. The first-order chi connectivity index (χ1) is 13.4. The van der Waals surface area contributed by atoms with Gasteiger partial charge in [-0.3, -0.25) is 19.4 Å². The summed E-state index contributed by atoms with van der Waals surface area (Å²) in [6.07, 6.45) is 0.394. The second kappa shape index (κ2) is 10.6. The van der Waals surface area contributed by atoms with Gasteiger partial charge in [-0.15, -0.1) is 0 Å². The Bertz CT molecular complexity index is 573. The van der Waals surface area contributed by atoms with E-state index in [1.54, 1.807) is 9.80 Å². The molecule has 2 fully saturated rings. The molecule has 0 aromatic rings. The number of hydrogen-bond donors (Lipinski definition) is 0. The quantitative estimate of drug-likeness (QED) is 0.176. The van der Waals surface area contributed by atoms with Crippen LogP contribution in [0.15, 0.2) is 25.3 Å². The van der Waals surface area contributed by atoms with Crippen LogP contribution in [-0.2, 0) is 38.1 Å². The molecule has 2 rings (SSSR count). The van der Waals surface area contributed by atoms with Crippen molar-refractivity contribution in [2.75, 3.05) is 39.4 Å². The SMILES string of the molecule is C=CC(=O)OC(COC(=O)CCC(=O)OCC(OC(=O)C=C)N1CC1)N1CC1. The highest BCUT2D eigenvalue weighted by Crippen LogP contribution is 2.14. The van der Waals surface area contributed by atoms with Crippen LogP contribution in [0, 0.1) is 0 Å². The summed E-state index contributed by atoms with van der Waals surface area (Å²) in [4.78, 5) is 49.7. The Hall–Kier alpha value is -2.72. The van der Waals surface area contributed by atoms with Crippen LogP contribution >= 0.6 is 0 Å². The second-order valence-corrected chi connectivity index (χ2v) is 6.13. The molecule has 2 unspecified atom stereocenters. The Labute approximate surface area is 162 Å². The highest BCUT2D eigenvalue weighted by atomic mass is 16.6. The molecule has 28 heavy (non-hydrogen) atoms. The predicted molar refractivity (Wildman–Crippen MR) is 94.5 cm³/mol. The normalized spacial score (nSPS) is 17.6. The third-order valence-corrected chi connectivity index (χ3v) is 3.92. The molecular weight excluding hydrogens is 372 g/mol. The molecule has 0 aromatic carbocycles. The number of carbonyl (C=O) groups is 4. The lowest BCUT2D eigenvalue weighted by molar-refractivity contribution is -0.164. The minimum absolute atomic E-state index is 0.123. The van der Waals surface area contributed by atoms with Gasteiger partial charge in [0.2, 0.25) is 0 Å². The van der Waals surface area contributed by atoms with E-state index in [0.29, 0.717) is 0 Å². The summed E-state index contributed by atoms with van der Waals surface area (Å²) in [5, 5.41) is 0. The number of hydrogen-bond acceptors (Lipinski definition) is 10. The van der Waals surface area contributed by atoms with Crippen LogP contribution < -0.4 is 0 Å². The minimum atomic E-state index is -0.658. The van der Waals surface area contributed by atoms with E-state index in [1.807, 2.05) is 0 Å². The first kappa shape index (κ1) is 21.6. The number of carbonyl (C=O) groups excluding carboxylic acids is 4. The van der Waals surface area contributed by atoms with Crippen LogP contribution in [0.25, 0.3) is 0 Å². The molecule has 10 heteroatoms. The average molecular weight is 396 g/mol. The van der Waals surface area contributed by atoms with E-state index in [-0.39, 0.29) is 26.1 Å². The van der Waals surface area contributed by atoms with Gasteiger partial charge < -0.3 is 18.9 Å². The molecule has 10 nitrogen and oxygen atoms in total. The molecule has 0 bridgehead atoms. The Kier molecular flexibility index (Phi) is 8.15. The molecule has 154 valence electrons. The van der Waals surface area contributed by atoms with Gasteiger partial charge in [0.1, 0.15) is 13.2 Å². The topological polar surface area (TPSA) is 111 Å². The van der Waals surface area contributed by atoms with Gasteiger partial charge in [-0.2, -0.15) is 0 Å².